The number of thiazole rings is 1. The van der Waals surface area contributed by atoms with Crippen LogP contribution in [0.1, 0.15) is 32.4 Å². The van der Waals surface area contributed by atoms with Crippen LogP contribution in [0.15, 0.2) is 5.38 Å². The molecule has 0 aliphatic heterocycles. The summed E-state index contributed by atoms with van der Waals surface area (Å²) in [6, 6.07) is 0.573. The normalized spacial score (nSPS) is 12.8. The number of rotatable bonds is 6. The van der Waals surface area contributed by atoms with Gasteiger partial charge in [-0.15, -0.1) is 11.3 Å². The molecule has 1 rings (SSSR count). The van der Waals surface area contributed by atoms with E-state index in [0.29, 0.717) is 6.04 Å². The zero-order valence-corrected chi connectivity index (χ0v) is 10.9. The standard InChI is InChI=1S/C11H21N3S/c1-5-6-9(2)14(4)11-13-10(7-12-3)8-15-11/h8-9,12H,5-7H2,1-4H3. The summed E-state index contributed by atoms with van der Waals surface area (Å²) in [5.41, 5.74) is 1.13. The van der Waals surface area contributed by atoms with Crippen molar-refractivity contribution in [3.05, 3.63) is 11.1 Å². The van der Waals surface area contributed by atoms with Crippen LogP contribution in [-0.4, -0.2) is 25.1 Å². The first-order chi connectivity index (χ1) is 7.19. The van der Waals surface area contributed by atoms with E-state index in [2.05, 4.69) is 41.5 Å². The number of hydrogen-bond donors (Lipinski definition) is 1. The van der Waals surface area contributed by atoms with Crippen molar-refractivity contribution < 1.29 is 0 Å². The lowest BCUT2D eigenvalue weighted by molar-refractivity contribution is 0.614. The van der Waals surface area contributed by atoms with Gasteiger partial charge in [0.05, 0.1) is 5.69 Å². The first-order valence-corrected chi connectivity index (χ1v) is 6.38. The quantitative estimate of drug-likeness (QED) is 0.809. The van der Waals surface area contributed by atoms with Gasteiger partial charge in [-0.3, -0.25) is 0 Å². The molecule has 0 aliphatic carbocycles. The summed E-state index contributed by atoms with van der Waals surface area (Å²) in [7, 11) is 4.07. The van der Waals surface area contributed by atoms with Crippen molar-refractivity contribution in [2.24, 2.45) is 0 Å². The van der Waals surface area contributed by atoms with Crippen molar-refractivity contribution in [2.75, 3.05) is 19.0 Å². The molecule has 0 amide bonds. The summed E-state index contributed by atoms with van der Waals surface area (Å²) >= 11 is 1.73. The number of nitrogens with zero attached hydrogens (tertiary/aromatic N) is 2. The Morgan fingerprint density at radius 1 is 1.60 bits per heavy atom. The highest BCUT2D eigenvalue weighted by Gasteiger charge is 2.12. The van der Waals surface area contributed by atoms with Crippen LogP contribution in [0.2, 0.25) is 0 Å². The molecule has 1 unspecified atom stereocenters. The topological polar surface area (TPSA) is 28.2 Å². The molecule has 0 fully saturated rings. The monoisotopic (exact) mass is 227 g/mol. The van der Waals surface area contributed by atoms with Crippen LogP contribution in [0.25, 0.3) is 0 Å². The Labute approximate surface area is 96.5 Å². The number of anilines is 1. The van der Waals surface area contributed by atoms with Gasteiger partial charge in [0.1, 0.15) is 0 Å². The summed E-state index contributed by atoms with van der Waals surface area (Å²) in [5, 5.41) is 6.37. The van der Waals surface area contributed by atoms with Gasteiger partial charge in [0, 0.05) is 25.0 Å². The van der Waals surface area contributed by atoms with E-state index < -0.39 is 0 Å². The summed E-state index contributed by atoms with van der Waals surface area (Å²) in [5.74, 6) is 0. The maximum atomic E-state index is 4.59. The van der Waals surface area contributed by atoms with Gasteiger partial charge >= 0.3 is 0 Å². The third-order valence-corrected chi connectivity index (χ3v) is 3.55. The minimum atomic E-state index is 0.573. The lowest BCUT2D eigenvalue weighted by Crippen LogP contribution is -2.28. The maximum Gasteiger partial charge on any atom is 0.185 e. The van der Waals surface area contributed by atoms with Gasteiger partial charge in [-0.25, -0.2) is 4.98 Å². The Morgan fingerprint density at radius 2 is 2.33 bits per heavy atom. The molecule has 0 saturated heterocycles. The molecule has 4 heteroatoms. The van der Waals surface area contributed by atoms with Gasteiger partial charge in [0.2, 0.25) is 0 Å². The predicted molar refractivity (Wildman–Crippen MR) is 67.7 cm³/mol. The van der Waals surface area contributed by atoms with Gasteiger partial charge < -0.3 is 10.2 Å². The Morgan fingerprint density at radius 3 is 2.93 bits per heavy atom. The van der Waals surface area contributed by atoms with Crippen molar-refractivity contribution in [3.63, 3.8) is 0 Å². The van der Waals surface area contributed by atoms with E-state index >= 15 is 0 Å². The van der Waals surface area contributed by atoms with Gasteiger partial charge in [-0.2, -0.15) is 0 Å². The SMILES string of the molecule is CCCC(C)N(C)c1nc(CNC)cs1. The highest BCUT2D eigenvalue weighted by molar-refractivity contribution is 7.13. The molecule has 1 aromatic rings. The fourth-order valence-corrected chi connectivity index (χ4v) is 2.41. The third-order valence-electron chi connectivity index (χ3n) is 2.57. The highest BCUT2D eigenvalue weighted by Crippen LogP contribution is 2.22. The van der Waals surface area contributed by atoms with Crippen LogP contribution >= 0.6 is 11.3 Å². The molecule has 1 N–H and O–H groups in total. The van der Waals surface area contributed by atoms with Gasteiger partial charge in [0.25, 0.3) is 0 Å². The van der Waals surface area contributed by atoms with E-state index in [1.54, 1.807) is 11.3 Å². The molecule has 1 heterocycles. The Kier molecular flexibility index (Phi) is 5.05. The average Bonchev–Trinajstić information content (AvgIpc) is 2.66. The van der Waals surface area contributed by atoms with E-state index in [0.717, 1.165) is 17.4 Å². The van der Waals surface area contributed by atoms with E-state index in [-0.39, 0.29) is 0 Å². The number of aromatic nitrogens is 1. The molecular formula is C11H21N3S. The summed E-state index contributed by atoms with van der Waals surface area (Å²) in [6.45, 7) is 5.33. The minimum absolute atomic E-state index is 0.573. The Hall–Kier alpha value is -0.610. The second-order valence-electron chi connectivity index (χ2n) is 3.90. The van der Waals surface area contributed by atoms with E-state index in [1.807, 2.05) is 7.05 Å². The molecule has 0 bridgehead atoms. The molecular weight excluding hydrogens is 206 g/mol. The van der Waals surface area contributed by atoms with E-state index in [1.165, 1.54) is 12.8 Å². The molecule has 1 atom stereocenters. The molecule has 3 nitrogen and oxygen atoms in total. The number of nitrogens with one attached hydrogen (secondary N) is 1. The fourth-order valence-electron chi connectivity index (χ4n) is 1.52. The van der Waals surface area contributed by atoms with Crippen LogP contribution in [0.3, 0.4) is 0 Å². The van der Waals surface area contributed by atoms with Crippen LogP contribution in [0.4, 0.5) is 5.13 Å². The molecule has 0 aliphatic rings. The largest absolute Gasteiger partial charge is 0.348 e. The van der Waals surface area contributed by atoms with Gasteiger partial charge in [0.15, 0.2) is 5.13 Å². The second-order valence-corrected chi connectivity index (χ2v) is 4.74. The second kappa shape index (κ2) is 6.08. The average molecular weight is 227 g/mol. The lowest BCUT2D eigenvalue weighted by Gasteiger charge is -2.23. The van der Waals surface area contributed by atoms with Crippen LogP contribution in [0.5, 0.6) is 0 Å². The summed E-state index contributed by atoms with van der Waals surface area (Å²) in [4.78, 5) is 6.86. The van der Waals surface area contributed by atoms with Crippen molar-refractivity contribution in [1.29, 1.82) is 0 Å². The van der Waals surface area contributed by atoms with Crippen LogP contribution < -0.4 is 10.2 Å². The summed E-state index contributed by atoms with van der Waals surface area (Å²) in [6.07, 6.45) is 2.44. The molecule has 15 heavy (non-hydrogen) atoms. The van der Waals surface area contributed by atoms with Crippen molar-refractivity contribution in [1.82, 2.24) is 10.3 Å². The molecule has 1 aromatic heterocycles. The predicted octanol–water partition coefficient (Wildman–Crippen LogP) is 2.49. The first kappa shape index (κ1) is 12.5. The number of hydrogen-bond acceptors (Lipinski definition) is 4. The van der Waals surface area contributed by atoms with Gasteiger partial charge in [-0.1, -0.05) is 13.3 Å². The fraction of sp³-hybridized carbons (Fsp3) is 0.727. The lowest BCUT2D eigenvalue weighted by atomic mass is 10.2. The van der Waals surface area contributed by atoms with Crippen molar-refractivity contribution >= 4 is 16.5 Å². The summed E-state index contributed by atoms with van der Waals surface area (Å²) < 4.78 is 0. The van der Waals surface area contributed by atoms with E-state index in [4.69, 9.17) is 0 Å². The van der Waals surface area contributed by atoms with E-state index in [9.17, 15) is 0 Å². The smallest absolute Gasteiger partial charge is 0.185 e. The molecule has 0 saturated carbocycles. The molecule has 0 radical (unpaired) electrons. The highest BCUT2D eigenvalue weighted by atomic mass is 32.1. The Balaban J connectivity index is 2.60. The Bertz CT molecular complexity index is 285. The zero-order chi connectivity index (χ0) is 11.3. The van der Waals surface area contributed by atoms with Crippen LogP contribution in [0, 0.1) is 0 Å². The van der Waals surface area contributed by atoms with Crippen molar-refractivity contribution in [3.8, 4) is 0 Å². The zero-order valence-electron chi connectivity index (χ0n) is 10.1. The first-order valence-electron chi connectivity index (χ1n) is 5.50. The van der Waals surface area contributed by atoms with Crippen molar-refractivity contribution in [2.45, 2.75) is 39.3 Å². The molecule has 86 valence electrons. The molecule has 0 spiro atoms. The molecule has 0 aromatic carbocycles. The van der Waals surface area contributed by atoms with Crippen LogP contribution in [-0.2, 0) is 6.54 Å². The minimum Gasteiger partial charge on any atom is -0.348 e. The third kappa shape index (κ3) is 3.47. The van der Waals surface area contributed by atoms with Gasteiger partial charge in [-0.05, 0) is 20.4 Å². The maximum absolute atomic E-state index is 4.59.